The fourth-order valence-electron chi connectivity index (χ4n) is 3.17. The van der Waals surface area contributed by atoms with Crippen molar-refractivity contribution in [2.75, 3.05) is 18.0 Å². The number of aryl methyl sites for hydroxylation is 1. The van der Waals surface area contributed by atoms with Crippen LogP contribution in [0.15, 0.2) is 24.5 Å². The lowest BCUT2D eigenvalue weighted by Gasteiger charge is -2.33. The van der Waals surface area contributed by atoms with Gasteiger partial charge in [0.15, 0.2) is 0 Å². The highest BCUT2D eigenvalue weighted by Crippen LogP contribution is 2.29. The molecule has 0 saturated carbocycles. The number of aromatic nitrogens is 6. The molecular formula is C15H16F3N7. The van der Waals surface area contributed by atoms with Crippen molar-refractivity contribution in [3.63, 3.8) is 0 Å². The van der Waals surface area contributed by atoms with Crippen LogP contribution < -0.4 is 4.90 Å². The molecule has 0 unspecified atom stereocenters. The summed E-state index contributed by atoms with van der Waals surface area (Å²) in [7, 11) is 0. The van der Waals surface area contributed by atoms with Crippen LogP contribution >= 0.6 is 0 Å². The first-order chi connectivity index (χ1) is 11.9. The maximum absolute atomic E-state index is 12.9. The van der Waals surface area contributed by atoms with Crippen molar-refractivity contribution in [1.29, 1.82) is 0 Å². The Kier molecular flexibility index (Phi) is 3.62. The molecule has 1 aliphatic heterocycles. The SMILES string of the molecule is Cc1cc(N2CCC(n3cccn3)CC2)n2nc(C(F)(F)F)nc2n1. The number of fused-ring (bicyclic) bond motifs is 1. The van der Waals surface area contributed by atoms with Gasteiger partial charge in [-0.3, -0.25) is 4.68 Å². The molecule has 0 radical (unpaired) electrons. The van der Waals surface area contributed by atoms with Gasteiger partial charge in [0.25, 0.3) is 11.6 Å². The van der Waals surface area contributed by atoms with E-state index in [2.05, 4.69) is 20.2 Å². The summed E-state index contributed by atoms with van der Waals surface area (Å²) >= 11 is 0. The van der Waals surface area contributed by atoms with E-state index in [1.807, 2.05) is 21.8 Å². The van der Waals surface area contributed by atoms with Crippen LogP contribution in [0.2, 0.25) is 0 Å². The fraction of sp³-hybridized carbons (Fsp3) is 0.467. The Balaban J connectivity index is 1.64. The molecule has 0 aromatic carbocycles. The van der Waals surface area contributed by atoms with Gasteiger partial charge in [0.2, 0.25) is 0 Å². The number of alkyl halides is 3. The first-order valence-electron chi connectivity index (χ1n) is 7.97. The summed E-state index contributed by atoms with van der Waals surface area (Å²) in [5, 5.41) is 7.90. The van der Waals surface area contributed by atoms with Crippen molar-refractivity contribution in [2.24, 2.45) is 0 Å². The van der Waals surface area contributed by atoms with Crippen molar-refractivity contribution in [3.05, 3.63) is 36.0 Å². The summed E-state index contributed by atoms with van der Waals surface area (Å²) in [6, 6.07) is 3.93. The molecule has 0 atom stereocenters. The van der Waals surface area contributed by atoms with Crippen LogP contribution in [0.5, 0.6) is 0 Å². The van der Waals surface area contributed by atoms with Gasteiger partial charge in [-0.2, -0.15) is 27.8 Å². The summed E-state index contributed by atoms with van der Waals surface area (Å²) in [5.74, 6) is -0.612. The Labute approximate surface area is 141 Å². The highest BCUT2D eigenvalue weighted by Gasteiger charge is 2.37. The van der Waals surface area contributed by atoms with Crippen molar-refractivity contribution >= 4 is 11.6 Å². The smallest absolute Gasteiger partial charge is 0.356 e. The molecule has 0 spiro atoms. The van der Waals surface area contributed by atoms with E-state index < -0.39 is 12.0 Å². The normalized spacial score (nSPS) is 16.7. The average Bonchev–Trinajstić information content (AvgIpc) is 3.23. The Morgan fingerprint density at radius 3 is 2.56 bits per heavy atom. The van der Waals surface area contributed by atoms with Crippen LogP contribution in [0.1, 0.15) is 30.4 Å². The Morgan fingerprint density at radius 1 is 1.16 bits per heavy atom. The minimum atomic E-state index is -4.59. The molecule has 1 fully saturated rings. The first-order valence-corrected chi connectivity index (χ1v) is 7.97. The standard InChI is InChI=1S/C15H16F3N7/c1-10-9-12(25-14(20-10)21-13(22-25)15(16,17)18)23-7-3-11(4-8-23)24-6-2-5-19-24/h2,5-6,9,11H,3-4,7-8H2,1H3. The molecule has 0 bridgehead atoms. The van der Waals surface area contributed by atoms with Gasteiger partial charge in [0.1, 0.15) is 5.82 Å². The minimum absolute atomic E-state index is 0.0310. The second-order valence-corrected chi connectivity index (χ2v) is 6.10. The van der Waals surface area contributed by atoms with Crippen LogP contribution in [0.4, 0.5) is 19.0 Å². The molecule has 4 rings (SSSR count). The fourth-order valence-corrected chi connectivity index (χ4v) is 3.17. The molecule has 7 nitrogen and oxygen atoms in total. The molecule has 132 valence electrons. The summed E-state index contributed by atoms with van der Waals surface area (Å²) in [4.78, 5) is 9.62. The third-order valence-electron chi connectivity index (χ3n) is 4.36. The molecule has 1 aliphatic rings. The van der Waals surface area contributed by atoms with Gasteiger partial charge in [0, 0.05) is 37.2 Å². The molecule has 4 heterocycles. The Bertz CT molecular complexity index is 877. The van der Waals surface area contributed by atoms with E-state index in [4.69, 9.17) is 0 Å². The van der Waals surface area contributed by atoms with E-state index in [-0.39, 0.29) is 5.78 Å². The predicted molar refractivity (Wildman–Crippen MR) is 83.2 cm³/mol. The van der Waals surface area contributed by atoms with Crippen LogP contribution in [-0.4, -0.2) is 42.5 Å². The van der Waals surface area contributed by atoms with Gasteiger partial charge >= 0.3 is 6.18 Å². The lowest BCUT2D eigenvalue weighted by atomic mass is 10.1. The lowest BCUT2D eigenvalue weighted by Crippen LogP contribution is -2.36. The number of piperidine rings is 1. The third-order valence-corrected chi connectivity index (χ3v) is 4.36. The largest absolute Gasteiger partial charge is 0.453 e. The maximum atomic E-state index is 12.9. The average molecular weight is 351 g/mol. The van der Waals surface area contributed by atoms with Gasteiger partial charge in [-0.05, 0) is 25.8 Å². The molecule has 0 aliphatic carbocycles. The Hall–Kier alpha value is -2.65. The van der Waals surface area contributed by atoms with E-state index in [9.17, 15) is 13.2 Å². The van der Waals surface area contributed by atoms with Crippen molar-refractivity contribution in [2.45, 2.75) is 32.0 Å². The van der Waals surface area contributed by atoms with Gasteiger partial charge < -0.3 is 4.90 Å². The van der Waals surface area contributed by atoms with E-state index in [1.165, 1.54) is 4.52 Å². The monoisotopic (exact) mass is 351 g/mol. The summed E-state index contributed by atoms with van der Waals surface area (Å²) in [6.07, 6.45) is 0.793. The molecule has 0 N–H and O–H groups in total. The Morgan fingerprint density at radius 2 is 1.92 bits per heavy atom. The first kappa shape index (κ1) is 15.9. The molecular weight excluding hydrogens is 335 g/mol. The zero-order valence-corrected chi connectivity index (χ0v) is 13.5. The van der Waals surface area contributed by atoms with Crippen LogP contribution in [-0.2, 0) is 6.18 Å². The highest BCUT2D eigenvalue weighted by molar-refractivity contribution is 5.48. The second-order valence-electron chi connectivity index (χ2n) is 6.10. The molecule has 3 aromatic heterocycles. The van der Waals surface area contributed by atoms with Crippen LogP contribution in [0.25, 0.3) is 5.78 Å². The van der Waals surface area contributed by atoms with E-state index in [0.29, 0.717) is 30.6 Å². The van der Waals surface area contributed by atoms with Crippen molar-refractivity contribution < 1.29 is 13.2 Å². The summed E-state index contributed by atoms with van der Waals surface area (Å²) < 4.78 is 41.9. The summed E-state index contributed by atoms with van der Waals surface area (Å²) in [5.41, 5.74) is 0.609. The van der Waals surface area contributed by atoms with Crippen molar-refractivity contribution in [3.8, 4) is 0 Å². The number of hydrogen-bond acceptors (Lipinski definition) is 5. The highest BCUT2D eigenvalue weighted by atomic mass is 19.4. The van der Waals surface area contributed by atoms with Crippen molar-refractivity contribution in [1.82, 2.24) is 29.4 Å². The number of rotatable bonds is 2. The van der Waals surface area contributed by atoms with E-state index in [1.54, 1.807) is 19.2 Å². The summed E-state index contributed by atoms with van der Waals surface area (Å²) in [6.45, 7) is 3.14. The van der Waals surface area contributed by atoms with Gasteiger partial charge in [-0.25, -0.2) is 4.98 Å². The van der Waals surface area contributed by atoms with E-state index in [0.717, 1.165) is 12.8 Å². The number of halogens is 3. The van der Waals surface area contributed by atoms with Gasteiger partial charge in [-0.1, -0.05) is 0 Å². The maximum Gasteiger partial charge on any atom is 0.453 e. The second kappa shape index (κ2) is 5.71. The number of nitrogens with zero attached hydrogens (tertiary/aromatic N) is 7. The zero-order chi connectivity index (χ0) is 17.6. The van der Waals surface area contributed by atoms with Gasteiger partial charge in [-0.15, -0.1) is 5.10 Å². The third kappa shape index (κ3) is 2.92. The molecule has 25 heavy (non-hydrogen) atoms. The van der Waals surface area contributed by atoms with E-state index >= 15 is 0 Å². The zero-order valence-electron chi connectivity index (χ0n) is 13.5. The van der Waals surface area contributed by atoms with Crippen LogP contribution in [0, 0.1) is 6.92 Å². The lowest BCUT2D eigenvalue weighted by molar-refractivity contribution is -0.144. The number of anilines is 1. The number of hydrogen-bond donors (Lipinski definition) is 0. The molecule has 1 saturated heterocycles. The molecule has 3 aromatic rings. The molecule has 10 heteroatoms. The van der Waals surface area contributed by atoms with Crippen LogP contribution in [0.3, 0.4) is 0 Å². The van der Waals surface area contributed by atoms with Gasteiger partial charge in [0.05, 0.1) is 6.04 Å². The quantitative estimate of drug-likeness (QED) is 0.710. The minimum Gasteiger partial charge on any atom is -0.356 e. The molecule has 0 amide bonds. The topological polar surface area (TPSA) is 64.1 Å². The predicted octanol–water partition coefficient (Wildman–Crippen LogP) is 2.49.